The molecule has 0 spiro atoms. The Hall–Kier alpha value is -1.13. The Morgan fingerprint density at radius 1 is 1.35 bits per heavy atom. The van der Waals surface area contributed by atoms with Crippen molar-refractivity contribution in [2.45, 2.75) is 51.3 Å². The van der Waals surface area contributed by atoms with Crippen molar-refractivity contribution in [1.82, 2.24) is 4.90 Å². The van der Waals surface area contributed by atoms with Crippen molar-refractivity contribution < 1.29 is 18.7 Å². The van der Waals surface area contributed by atoms with Crippen LogP contribution in [0.3, 0.4) is 0 Å². The molecule has 4 nitrogen and oxygen atoms in total. The number of hydrogen-bond donors (Lipinski definition) is 0. The fraction of sp³-hybridized carbons (Fsp3) is 0.833. The molecule has 0 radical (unpaired) electrons. The summed E-state index contributed by atoms with van der Waals surface area (Å²) < 4.78 is 19.0. The number of likely N-dealkylation sites (tertiary alicyclic amines) is 1. The Morgan fingerprint density at radius 2 is 2.00 bits per heavy atom. The second-order valence-electron chi connectivity index (χ2n) is 5.47. The average Bonchev–Trinajstić information content (AvgIpc) is 2.39. The van der Waals surface area contributed by atoms with Crippen LogP contribution in [0.15, 0.2) is 0 Å². The van der Waals surface area contributed by atoms with Gasteiger partial charge in [-0.15, -0.1) is 0 Å². The number of halogens is 1. The highest BCUT2D eigenvalue weighted by atomic mass is 19.1. The van der Waals surface area contributed by atoms with Crippen LogP contribution in [0.2, 0.25) is 0 Å². The molecule has 1 amide bonds. The molecule has 1 heterocycles. The fourth-order valence-electron chi connectivity index (χ4n) is 1.75. The Labute approximate surface area is 101 Å². The molecule has 1 aliphatic rings. The molecular weight excluding hydrogens is 225 g/mol. The molecule has 98 valence electrons. The Balaban J connectivity index is 2.57. The van der Waals surface area contributed by atoms with Gasteiger partial charge in [0.1, 0.15) is 5.60 Å². The Bertz CT molecular complexity index is 301. The maximum Gasteiger partial charge on any atom is 0.410 e. The molecule has 0 aliphatic carbocycles. The molecule has 17 heavy (non-hydrogen) atoms. The zero-order valence-electron chi connectivity index (χ0n) is 10.7. The molecule has 0 aromatic carbocycles. The van der Waals surface area contributed by atoms with Gasteiger partial charge in [0.25, 0.3) is 0 Å². The predicted octanol–water partition coefficient (Wildman–Crippen LogP) is 2.31. The number of carbonyl (C=O) groups is 2. The number of nitrogens with zero attached hydrogens (tertiary/aromatic N) is 1. The zero-order chi connectivity index (χ0) is 13.1. The van der Waals surface area contributed by atoms with Crippen LogP contribution in [-0.2, 0) is 9.53 Å². The Kier molecular flexibility index (Phi) is 4.11. The number of amides is 1. The first kappa shape index (κ1) is 13.9. The minimum atomic E-state index is -1.78. The van der Waals surface area contributed by atoms with Crippen molar-refractivity contribution in [1.29, 1.82) is 0 Å². The second-order valence-corrected chi connectivity index (χ2v) is 5.47. The summed E-state index contributed by atoms with van der Waals surface area (Å²) >= 11 is 0. The summed E-state index contributed by atoms with van der Waals surface area (Å²) in [6.07, 6.45) is 0.624. The van der Waals surface area contributed by atoms with Gasteiger partial charge in [-0.3, -0.25) is 4.79 Å². The van der Waals surface area contributed by atoms with Crippen LogP contribution in [0.25, 0.3) is 0 Å². The van der Waals surface area contributed by atoms with Gasteiger partial charge in [-0.1, -0.05) is 0 Å². The van der Waals surface area contributed by atoms with E-state index in [2.05, 4.69) is 0 Å². The van der Waals surface area contributed by atoms with Gasteiger partial charge in [0.15, 0.2) is 12.0 Å². The van der Waals surface area contributed by atoms with Gasteiger partial charge in [0.05, 0.1) is 0 Å². The smallest absolute Gasteiger partial charge is 0.410 e. The maximum atomic E-state index is 13.8. The van der Waals surface area contributed by atoms with E-state index in [0.717, 1.165) is 0 Å². The van der Waals surface area contributed by atoms with Crippen LogP contribution in [-0.4, -0.2) is 41.6 Å². The lowest BCUT2D eigenvalue weighted by Crippen LogP contribution is -2.38. The van der Waals surface area contributed by atoms with E-state index in [1.807, 2.05) is 0 Å². The molecule has 1 saturated heterocycles. The largest absolute Gasteiger partial charge is 0.444 e. The maximum absolute atomic E-state index is 13.8. The molecule has 1 rings (SSSR count). The summed E-state index contributed by atoms with van der Waals surface area (Å²) in [5.41, 5.74) is -2.34. The molecule has 0 saturated carbocycles. The Morgan fingerprint density at radius 3 is 2.53 bits per heavy atom. The SMILES string of the molecule is CC(C)(C)OC(=O)N1CCCC(F)(C=O)CC1. The summed E-state index contributed by atoms with van der Waals surface area (Å²) in [5.74, 6) is 0. The van der Waals surface area contributed by atoms with Gasteiger partial charge in [0.2, 0.25) is 0 Å². The van der Waals surface area contributed by atoms with E-state index in [-0.39, 0.29) is 19.4 Å². The number of hydrogen-bond acceptors (Lipinski definition) is 3. The third kappa shape index (κ3) is 4.32. The van der Waals surface area contributed by atoms with E-state index in [1.54, 1.807) is 20.8 Å². The highest BCUT2D eigenvalue weighted by molar-refractivity contribution is 5.68. The van der Waals surface area contributed by atoms with Gasteiger partial charge in [-0.05, 0) is 33.6 Å². The summed E-state index contributed by atoms with van der Waals surface area (Å²) in [7, 11) is 0. The standard InChI is InChI=1S/C12H20FNO3/c1-11(2,3)17-10(16)14-7-4-5-12(13,9-15)6-8-14/h9H,4-8H2,1-3H3. The molecule has 0 aromatic heterocycles. The van der Waals surface area contributed by atoms with Crippen molar-refractivity contribution in [2.24, 2.45) is 0 Å². The van der Waals surface area contributed by atoms with Crippen LogP contribution < -0.4 is 0 Å². The zero-order valence-corrected chi connectivity index (χ0v) is 10.7. The van der Waals surface area contributed by atoms with Crippen molar-refractivity contribution in [2.75, 3.05) is 13.1 Å². The van der Waals surface area contributed by atoms with E-state index in [9.17, 15) is 14.0 Å². The van der Waals surface area contributed by atoms with Crippen molar-refractivity contribution in [3.05, 3.63) is 0 Å². The van der Waals surface area contributed by atoms with Gasteiger partial charge >= 0.3 is 6.09 Å². The third-order valence-electron chi connectivity index (χ3n) is 2.68. The number of carbonyl (C=O) groups excluding carboxylic acids is 2. The lowest BCUT2D eigenvalue weighted by molar-refractivity contribution is -0.118. The van der Waals surface area contributed by atoms with Crippen LogP contribution in [0.4, 0.5) is 9.18 Å². The molecular formula is C12H20FNO3. The van der Waals surface area contributed by atoms with E-state index in [1.165, 1.54) is 4.90 Å². The first-order valence-electron chi connectivity index (χ1n) is 5.89. The predicted molar refractivity (Wildman–Crippen MR) is 61.6 cm³/mol. The van der Waals surface area contributed by atoms with Gasteiger partial charge in [-0.2, -0.15) is 0 Å². The summed E-state index contributed by atoms with van der Waals surface area (Å²) in [6, 6.07) is 0. The molecule has 5 heteroatoms. The normalized spacial score (nSPS) is 26.2. The van der Waals surface area contributed by atoms with Crippen LogP contribution >= 0.6 is 0 Å². The topological polar surface area (TPSA) is 46.6 Å². The highest BCUT2D eigenvalue weighted by Gasteiger charge is 2.34. The van der Waals surface area contributed by atoms with E-state index in [4.69, 9.17) is 4.74 Å². The second kappa shape index (κ2) is 5.02. The molecule has 0 bridgehead atoms. The summed E-state index contributed by atoms with van der Waals surface area (Å²) in [6.45, 7) is 6.02. The number of ether oxygens (including phenoxy) is 1. The van der Waals surface area contributed by atoms with Gasteiger partial charge < -0.3 is 9.64 Å². The number of aldehydes is 1. The molecule has 1 unspecified atom stereocenters. The van der Waals surface area contributed by atoms with Crippen molar-refractivity contribution in [3.8, 4) is 0 Å². The average molecular weight is 245 g/mol. The van der Waals surface area contributed by atoms with Crippen LogP contribution in [0.5, 0.6) is 0 Å². The van der Waals surface area contributed by atoms with E-state index >= 15 is 0 Å². The lowest BCUT2D eigenvalue weighted by atomic mass is 9.99. The van der Waals surface area contributed by atoms with Crippen molar-refractivity contribution in [3.63, 3.8) is 0 Å². The molecule has 0 N–H and O–H groups in total. The summed E-state index contributed by atoms with van der Waals surface area (Å²) in [5, 5.41) is 0. The minimum absolute atomic E-state index is 0.0513. The highest BCUT2D eigenvalue weighted by Crippen LogP contribution is 2.25. The molecule has 1 aliphatic heterocycles. The lowest BCUT2D eigenvalue weighted by Gasteiger charge is -2.26. The van der Waals surface area contributed by atoms with E-state index in [0.29, 0.717) is 19.3 Å². The molecule has 0 aromatic rings. The van der Waals surface area contributed by atoms with Crippen LogP contribution in [0, 0.1) is 0 Å². The first-order chi connectivity index (χ1) is 7.76. The summed E-state index contributed by atoms with van der Waals surface area (Å²) in [4.78, 5) is 23.9. The first-order valence-corrected chi connectivity index (χ1v) is 5.89. The fourth-order valence-corrected chi connectivity index (χ4v) is 1.75. The van der Waals surface area contributed by atoms with Crippen LogP contribution in [0.1, 0.15) is 40.0 Å². The van der Waals surface area contributed by atoms with E-state index < -0.39 is 17.4 Å². The van der Waals surface area contributed by atoms with Gasteiger partial charge in [0, 0.05) is 19.5 Å². The van der Waals surface area contributed by atoms with Crippen molar-refractivity contribution >= 4 is 12.4 Å². The van der Waals surface area contributed by atoms with Gasteiger partial charge in [-0.25, -0.2) is 9.18 Å². The molecule has 1 atom stereocenters. The quantitative estimate of drug-likeness (QED) is 0.666. The monoisotopic (exact) mass is 245 g/mol. The minimum Gasteiger partial charge on any atom is -0.444 e. The molecule has 1 fully saturated rings. The number of rotatable bonds is 1. The third-order valence-corrected chi connectivity index (χ3v) is 2.68. The number of alkyl halides is 1.